The fourth-order valence-electron chi connectivity index (χ4n) is 0.950. The largest absolute Gasteiger partial charge is 0.373 e. The molecule has 0 fully saturated rings. The molecule has 18 heavy (non-hydrogen) atoms. The van der Waals surface area contributed by atoms with Crippen LogP contribution in [0.5, 0.6) is 0 Å². The van der Waals surface area contributed by atoms with Gasteiger partial charge in [0.2, 0.25) is 0 Å². The molecule has 0 radical (unpaired) electrons. The fraction of sp³-hybridized carbons (Fsp3) is 0. The van der Waals surface area contributed by atoms with Crippen molar-refractivity contribution in [1.82, 2.24) is 15.0 Å². The SMILES string of the molecule is Fc1cccc(-n2nccn2)c1.O=C=O.O=C=O. The molecule has 0 unspecified atom stereocenters. The number of benzene rings is 1. The van der Waals surface area contributed by atoms with Gasteiger partial charge in [-0.1, -0.05) is 6.07 Å². The normalized spacial score (nSPS) is 7.61. The first-order chi connectivity index (χ1) is 8.69. The Kier molecular flexibility index (Phi) is 7.77. The Bertz CT molecular complexity index is 518. The van der Waals surface area contributed by atoms with Gasteiger partial charge in [0.1, 0.15) is 5.82 Å². The zero-order chi connectivity index (χ0) is 13.8. The van der Waals surface area contributed by atoms with Crippen LogP contribution in [0.4, 0.5) is 4.39 Å². The Morgan fingerprint density at radius 2 is 1.50 bits per heavy atom. The van der Waals surface area contributed by atoms with Gasteiger partial charge in [-0.2, -0.15) is 34.2 Å². The van der Waals surface area contributed by atoms with Gasteiger partial charge in [-0.25, -0.2) is 4.39 Å². The molecule has 0 N–H and O–H groups in total. The van der Waals surface area contributed by atoms with E-state index in [2.05, 4.69) is 10.2 Å². The molecule has 0 amide bonds. The van der Waals surface area contributed by atoms with Crippen LogP contribution < -0.4 is 0 Å². The van der Waals surface area contributed by atoms with Gasteiger partial charge in [0.05, 0.1) is 18.1 Å². The summed E-state index contributed by atoms with van der Waals surface area (Å²) in [6.45, 7) is 0. The fourth-order valence-corrected chi connectivity index (χ4v) is 0.950. The Morgan fingerprint density at radius 3 is 1.94 bits per heavy atom. The highest BCUT2D eigenvalue weighted by atomic mass is 19.1. The highest BCUT2D eigenvalue weighted by Crippen LogP contribution is 2.05. The predicted molar refractivity (Wildman–Crippen MR) is 51.3 cm³/mol. The van der Waals surface area contributed by atoms with Crippen LogP contribution in [-0.4, -0.2) is 27.3 Å². The Balaban J connectivity index is 0.000000414. The minimum absolute atomic E-state index is 0.250. The first kappa shape index (κ1) is 15.0. The molecule has 0 atom stereocenters. The van der Waals surface area contributed by atoms with E-state index in [0.29, 0.717) is 5.69 Å². The lowest BCUT2D eigenvalue weighted by Gasteiger charge is -1.97. The van der Waals surface area contributed by atoms with Crippen LogP contribution in [0.25, 0.3) is 5.69 Å². The number of hydrogen-bond acceptors (Lipinski definition) is 6. The van der Waals surface area contributed by atoms with Gasteiger partial charge in [0.15, 0.2) is 0 Å². The zero-order valence-electron chi connectivity index (χ0n) is 8.82. The van der Waals surface area contributed by atoms with Crippen LogP contribution in [0.1, 0.15) is 0 Å². The molecule has 1 heterocycles. The van der Waals surface area contributed by atoms with E-state index < -0.39 is 0 Å². The Hall–Kier alpha value is -2.95. The molecular weight excluding hydrogens is 245 g/mol. The second-order valence-electron chi connectivity index (χ2n) is 2.47. The van der Waals surface area contributed by atoms with E-state index in [1.807, 2.05) is 0 Å². The summed E-state index contributed by atoms with van der Waals surface area (Å²) in [5, 5.41) is 7.73. The van der Waals surface area contributed by atoms with E-state index in [4.69, 9.17) is 19.2 Å². The van der Waals surface area contributed by atoms with Crippen molar-refractivity contribution in [3.63, 3.8) is 0 Å². The van der Waals surface area contributed by atoms with Crippen molar-refractivity contribution in [2.24, 2.45) is 0 Å². The minimum atomic E-state index is -0.287. The average Bonchev–Trinajstić information content (AvgIpc) is 2.84. The standard InChI is InChI=1S/C8H6FN3.2CO2/c9-7-2-1-3-8(6-7)12-10-4-5-11-12;2*2-1-3/h1-6H;;. The van der Waals surface area contributed by atoms with Crippen molar-refractivity contribution in [1.29, 1.82) is 0 Å². The maximum atomic E-state index is 12.7. The summed E-state index contributed by atoms with van der Waals surface area (Å²) >= 11 is 0. The van der Waals surface area contributed by atoms with Gasteiger partial charge in [-0.15, -0.1) is 0 Å². The number of hydrogen-bond donors (Lipinski definition) is 0. The average molecular weight is 251 g/mol. The second kappa shape index (κ2) is 9.29. The summed E-state index contributed by atoms with van der Waals surface area (Å²) < 4.78 is 12.7. The topological polar surface area (TPSA) is 99.0 Å². The zero-order valence-corrected chi connectivity index (χ0v) is 8.82. The first-order valence-corrected chi connectivity index (χ1v) is 4.30. The molecule has 92 valence electrons. The van der Waals surface area contributed by atoms with Gasteiger partial charge < -0.3 is 0 Å². The highest BCUT2D eigenvalue weighted by Gasteiger charge is 1.97. The summed E-state index contributed by atoms with van der Waals surface area (Å²) in [5.74, 6) is -0.287. The van der Waals surface area contributed by atoms with Crippen LogP contribution >= 0.6 is 0 Å². The van der Waals surface area contributed by atoms with Crippen molar-refractivity contribution in [3.8, 4) is 5.69 Å². The molecule has 1 aromatic carbocycles. The van der Waals surface area contributed by atoms with E-state index in [0.717, 1.165) is 0 Å². The quantitative estimate of drug-likeness (QED) is 0.719. The number of halogens is 1. The lowest BCUT2D eigenvalue weighted by atomic mass is 10.3. The van der Waals surface area contributed by atoms with Crippen molar-refractivity contribution in [3.05, 3.63) is 42.5 Å². The molecule has 0 saturated carbocycles. The smallest absolute Gasteiger partial charge is 0.207 e. The molecular formula is C10H6FN3O4. The number of carbonyl (C=O) groups excluding carboxylic acids is 4. The third-order valence-electron chi connectivity index (χ3n) is 1.46. The Morgan fingerprint density at radius 1 is 1.00 bits per heavy atom. The number of rotatable bonds is 1. The molecule has 2 rings (SSSR count). The van der Waals surface area contributed by atoms with E-state index in [1.165, 1.54) is 16.9 Å². The van der Waals surface area contributed by atoms with Crippen LogP contribution in [0.2, 0.25) is 0 Å². The third kappa shape index (κ3) is 5.82. The molecule has 0 spiro atoms. The molecule has 0 aliphatic carbocycles. The lowest BCUT2D eigenvalue weighted by Crippen LogP contribution is -1.97. The Labute approximate surface area is 99.8 Å². The van der Waals surface area contributed by atoms with Crippen molar-refractivity contribution in [2.45, 2.75) is 0 Å². The minimum Gasteiger partial charge on any atom is -0.207 e. The molecule has 7 nitrogen and oxygen atoms in total. The van der Waals surface area contributed by atoms with E-state index in [9.17, 15) is 4.39 Å². The van der Waals surface area contributed by atoms with Crippen molar-refractivity contribution < 1.29 is 23.6 Å². The highest BCUT2D eigenvalue weighted by molar-refractivity contribution is 5.29. The summed E-state index contributed by atoms with van der Waals surface area (Å²) in [7, 11) is 0. The van der Waals surface area contributed by atoms with Gasteiger partial charge in [0.25, 0.3) is 0 Å². The van der Waals surface area contributed by atoms with Crippen molar-refractivity contribution in [2.75, 3.05) is 0 Å². The maximum absolute atomic E-state index is 12.7. The van der Waals surface area contributed by atoms with Gasteiger partial charge in [-0.05, 0) is 12.1 Å². The van der Waals surface area contributed by atoms with Crippen LogP contribution in [0.15, 0.2) is 36.7 Å². The number of aromatic nitrogens is 3. The number of nitrogens with zero attached hydrogens (tertiary/aromatic N) is 3. The first-order valence-electron chi connectivity index (χ1n) is 4.30. The molecule has 0 bridgehead atoms. The second-order valence-corrected chi connectivity index (χ2v) is 2.47. The van der Waals surface area contributed by atoms with E-state index >= 15 is 0 Å². The summed E-state index contributed by atoms with van der Waals surface area (Å²) in [6, 6.07) is 6.12. The van der Waals surface area contributed by atoms with Crippen LogP contribution in [0.3, 0.4) is 0 Å². The summed E-state index contributed by atoms with van der Waals surface area (Å²) in [6.07, 6.45) is 3.59. The van der Waals surface area contributed by atoms with E-state index in [-0.39, 0.29) is 18.1 Å². The molecule has 8 heteroatoms. The molecule has 1 aromatic heterocycles. The van der Waals surface area contributed by atoms with Gasteiger partial charge in [0, 0.05) is 6.07 Å². The lowest BCUT2D eigenvalue weighted by molar-refractivity contribution is -0.193. The monoisotopic (exact) mass is 251 g/mol. The third-order valence-corrected chi connectivity index (χ3v) is 1.46. The predicted octanol–water partition coefficient (Wildman–Crippen LogP) is 0.239. The maximum Gasteiger partial charge on any atom is 0.373 e. The van der Waals surface area contributed by atoms with Gasteiger partial charge >= 0.3 is 12.3 Å². The molecule has 0 aliphatic rings. The molecule has 0 aliphatic heterocycles. The van der Waals surface area contributed by atoms with Crippen LogP contribution in [-0.2, 0) is 19.2 Å². The molecule has 0 saturated heterocycles. The van der Waals surface area contributed by atoms with Crippen molar-refractivity contribution >= 4 is 12.3 Å². The summed E-state index contributed by atoms with van der Waals surface area (Å²) in [5.41, 5.74) is 0.625. The molecule has 2 aromatic rings. The van der Waals surface area contributed by atoms with Crippen LogP contribution in [0, 0.1) is 5.82 Å². The van der Waals surface area contributed by atoms with Gasteiger partial charge in [-0.3, -0.25) is 0 Å². The van der Waals surface area contributed by atoms with E-state index in [1.54, 1.807) is 24.5 Å². The summed E-state index contributed by atoms with van der Waals surface area (Å²) in [4.78, 5) is 33.9.